The normalized spacial score (nSPS) is 11.6. The highest BCUT2D eigenvalue weighted by atomic mass is 16.5. The number of Topliss-reactive ketones (excluding diaryl/α,β-unsaturated/α-hetero) is 1. The van der Waals surface area contributed by atoms with Crippen LogP contribution in [0.4, 0.5) is 0 Å². The molecule has 0 radical (unpaired) electrons. The summed E-state index contributed by atoms with van der Waals surface area (Å²) in [4.78, 5) is 36.3. The van der Waals surface area contributed by atoms with Gasteiger partial charge in [0.25, 0.3) is 11.8 Å². The number of nitrogens with zero attached hydrogens (tertiary/aromatic N) is 1. The summed E-state index contributed by atoms with van der Waals surface area (Å²) in [6, 6.07) is 16.9. The number of hydrogen-bond acceptors (Lipinski definition) is 5. The van der Waals surface area contributed by atoms with E-state index in [0.29, 0.717) is 5.56 Å². The van der Waals surface area contributed by atoms with Crippen LogP contribution in [0.2, 0.25) is 0 Å². The van der Waals surface area contributed by atoms with Gasteiger partial charge in [0.1, 0.15) is 11.6 Å². The van der Waals surface area contributed by atoms with Crippen LogP contribution in [0.1, 0.15) is 15.9 Å². The van der Waals surface area contributed by atoms with Crippen LogP contribution in [0.5, 0.6) is 0 Å². The van der Waals surface area contributed by atoms with Gasteiger partial charge in [-0.15, -0.1) is 0 Å². The Labute approximate surface area is 155 Å². The van der Waals surface area contributed by atoms with Crippen molar-refractivity contribution in [1.29, 1.82) is 0 Å². The van der Waals surface area contributed by atoms with Crippen molar-refractivity contribution in [1.82, 2.24) is 10.5 Å². The fraction of sp³-hybridized carbons (Fsp3) is 0.100. The Balaban J connectivity index is 1.84. The van der Waals surface area contributed by atoms with Crippen LogP contribution in [0, 0.1) is 0 Å². The Morgan fingerprint density at radius 2 is 1.63 bits per heavy atom. The smallest absolute Gasteiger partial charge is 0.287 e. The maximum absolute atomic E-state index is 12.7. The summed E-state index contributed by atoms with van der Waals surface area (Å²) in [5, 5.41) is 6.25. The number of hydrogen-bond donors (Lipinski definition) is 2. The summed E-state index contributed by atoms with van der Waals surface area (Å²) >= 11 is 0. The molecule has 0 spiro atoms. The molecule has 0 fully saturated rings. The molecule has 3 N–H and O–H groups in total. The number of carbonyl (C=O) groups is 3. The lowest BCUT2D eigenvalue weighted by atomic mass is 10.0. The Bertz CT molecular complexity index is 952. The van der Waals surface area contributed by atoms with Gasteiger partial charge in [-0.05, 0) is 5.56 Å². The quantitative estimate of drug-likeness (QED) is 0.620. The van der Waals surface area contributed by atoms with Crippen molar-refractivity contribution < 1.29 is 18.9 Å². The summed E-state index contributed by atoms with van der Waals surface area (Å²) < 4.78 is 5.19. The number of benzene rings is 2. The molecule has 1 heterocycles. The predicted molar refractivity (Wildman–Crippen MR) is 97.5 cm³/mol. The van der Waals surface area contributed by atoms with E-state index in [1.54, 1.807) is 48.5 Å². The van der Waals surface area contributed by atoms with Gasteiger partial charge in [-0.2, -0.15) is 0 Å². The lowest BCUT2D eigenvalue weighted by Crippen LogP contribution is -2.47. The first-order valence-electron chi connectivity index (χ1n) is 8.25. The molecular formula is C20H17N3O4. The maximum atomic E-state index is 12.7. The molecule has 3 rings (SSSR count). The lowest BCUT2D eigenvalue weighted by Gasteiger charge is -2.16. The molecule has 1 aromatic heterocycles. The summed E-state index contributed by atoms with van der Waals surface area (Å²) in [6.07, 6.45) is 1.41. The second kappa shape index (κ2) is 8.09. The maximum Gasteiger partial charge on any atom is 0.287 e. The minimum absolute atomic E-state index is 0.139. The molecule has 1 atom stereocenters. The van der Waals surface area contributed by atoms with E-state index in [4.69, 9.17) is 10.3 Å². The van der Waals surface area contributed by atoms with Gasteiger partial charge in [-0.1, -0.05) is 65.8 Å². The molecule has 2 amide bonds. The summed E-state index contributed by atoms with van der Waals surface area (Å²) in [6.45, 7) is 0. The van der Waals surface area contributed by atoms with Gasteiger partial charge in [-0.25, -0.2) is 0 Å². The molecule has 7 nitrogen and oxygen atoms in total. The van der Waals surface area contributed by atoms with Crippen molar-refractivity contribution >= 4 is 17.6 Å². The molecular weight excluding hydrogens is 346 g/mol. The molecule has 0 aliphatic carbocycles. The predicted octanol–water partition coefficient (Wildman–Crippen LogP) is 1.74. The molecule has 3 aromatic rings. The van der Waals surface area contributed by atoms with Crippen molar-refractivity contribution in [2.24, 2.45) is 5.73 Å². The third kappa shape index (κ3) is 4.27. The summed E-state index contributed by atoms with van der Waals surface area (Å²) in [5.74, 6) is -2.28. The zero-order valence-corrected chi connectivity index (χ0v) is 14.3. The van der Waals surface area contributed by atoms with Crippen LogP contribution in [-0.4, -0.2) is 28.8 Å². The van der Waals surface area contributed by atoms with Crippen molar-refractivity contribution in [2.75, 3.05) is 0 Å². The fourth-order valence-electron chi connectivity index (χ4n) is 2.67. The second-order valence-corrected chi connectivity index (χ2v) is 5.88. The minimum atomic E-state index is -1.11. The molecule has 0 aliphatic rings. The Morgan fingerprint density at radius 1 is 1.00 bits per heavy atom. The highest BCUT2D eigenvalue weighted by Crippen LogP contribution is 2.23. The number of aromatic nitrogens is 1. The van der Waals surface area contributed by atoms with Crippen LogP contribution < -0.4 is 11.1 Å². The van der Waals surface area contributed by atoms with Crippen LogP contribution in [-0.2, 0) is 16.0 Å². The number of nitrogens with one attached hydrogen (secondary N) is 1. The van der Waals surface area contributed by atoms with E-state index in [1.807, 2.05) is 12.1 Å². The van der Waals surface area contributed by atoms with E-state index < -0.39 is 23.6 Å². The first-order chi connectivity index (χ1) is 13.1. The van der Waals surface area contributed by atoms with Crippen molar-refractivity contribution in [3.63, 3.8) is 0 Å². The molecule has 0 aliphatic heterocycles. The van der Waals surface area contributed by atoms with Crippen molar-refractivity contribution in [3.8, 4) is 11.3 Å². The number of primary amides is 1. The molecule has 0 saturated carbocycles. The fourth-order valence-corrected chi connectivity index (χ4v) is 2.67. The Kier molecular flexibility index (Phi) is 5.41. The number of ketones is 1. The molecule has 0 saturated heterocycles. The zero-order chi connectivity index (χ0) is 19.2. The Hall–Kier alpha value is -3.74. The summed E-state index contributed by atoms with van der Waals surface area (Å²) in [7, 11) is 0. The largest absolute Gasteiger partial charge is 0.363 e. The number of carbonyl (C=O) groups excluding carboxylic acids is 3. The van der Waals surface area contributed by atoms with Crippen LogP contribution in [0.25, 0.3) is 11.3 Å². The van der Waals surface area contributed by atoms with E-state index in [0.717, 1.165) is 5.56 Å². The van der Waals surface area contributed by atoms with Crippen molar-refractivity contribution in [3.05, 3.63) is 78.0 Å². The molecule has 136 valence electrons. The van der Waals surface area contributed by atoms with Gasteiger partial charge in [-0.3, -0.25) is 14.4 Å². The highest BCUT2D eigenvalue weighted by molar-refractivity contribution is 6.38. The minimum Gasteiger partial charge on any atom is -0.363 e. The third-order valence-electron chi connectivity index (χ3n) is 4.00. The van der Waals surface area contributed by atoms with E-state index in [-0.39, 0.29) is 17.7 Å². The number of amides is 2. The average Bonchev–Trinajstić information content (AvgIpc) is 3.18. The van der Waals surface area contributed by atoms with Gasteiger partial charge in [0, 0.05) is 12.0 Å². The van der Waals surface area contributed by atoms with Gasteiger partial charge >= 0.3 is 0 Å². The van der Waals surface area contributed by atoms with E-state index in [1.165, 1.54) is 6.20 Å². The third-order valence-corrected chi connectivity index (χ3v) is 4.00. The lowest BCUT2D eigenvalue weighted by molar-refractivity contribution is -0.137. The summed E-state index contributed by atoms with van der Waals surface area (Å²) in [5.41, 5.74) is 6.75. The number of nitrogens with two attached hydrogens (primary N) is 1. The van der Waals surface area contributed by atoms with Crippen LogP contribution >= 0.6 is 0 Å². The second-order valence-electron chi connectivity index (χ2n) is 5.88. The van der Waals surface area contributed by atoms with Crippen LogP contribution in [0.15, 0.2) is 71.4 Å². The molecule has 27 heavy (non-hydrogen) atoms. The molecule has 0 bridgehead atoms. The SMILES string of the molecule is NC(=O)C(=O)C(Cc1ccccc1)NC(=O)c1cnoc1-c1ccccc1. The van der Waals surface area contributed by atoms with Crippen LogP contribution in [0.3, 0.4) is 0 Å². The number of rotatable bonds is 7. The van der Waals surface area contributed by atoms with Gasteiger partial charge in [0.05, 0.1) is 6.20 Å². The first kappa shape index (κ1) is 18.1. The molecule has 1 unspecified atom stereocenters. The average molecular weight is 363 g/mol. The van der Waals surface area contributed by atoms with E-state index >= 15 is 0 Å². The highest BCUT2D eigenvalue weighted by Gasteiger charge is 2.27. The van der Waals surface area contributed by atoms with Gasteiger partial charge < -0.3 is 15.6 Å². The Morgan fingerprint density at radius 3 is 2.26 bits per heavy atom. The first-order valence-corrected chi connectivity index (χ1v) is 8.25. The van der Waals surface area contributed by atoms with E-state index in [2.05, 4.69) is 10.5 Å². The van der Waals surface area contributed by atoms with E-state index in [9.17, 15) is 14.4 Å². The van der Waals surface area contributed by atoms with Crippen molar-refractivity contribution in [2.45, 2.75) is 12.5 Å². The standard InChI is InChI=1S/C20H17N3O4/c21-19(25)17(24)16(11-13-7-3-1-4-8-13)23-20(26)15-12-22-27-18(15)14-9-5-2-6-10-14/h1-10,12,16H,11H2,(H2,21,25)(H,23,26). The molecule has 7 heteroatoms. The zero-order valence-electron chi connectivity index (χ0n) is 14.3. The topological polar surface area (TPSA) is 115 Å². The van der Waals surface area contributed by atoms with Gasteiger partial charge in [0.15, 0.2) is 5.76 Å². The van der Waals surface area contributed by atoms with Gasteiger partial charge in [0.2, 0.25) is 5.78 Å². The monoisotopic (exact) mass is 363 g/mol. The molecule has 2 aromatic carbocycles.